The summed E-state index contributed by atoms with van der Waals surface area (Å²) in [6, 6.07) is 2.35. The van der Waals surface area contributed by atoms with Gasteiger partial charge in [0.25, 0.3) is 5.91 Å². The molecule has 1 unspecified atom stereocenters. The Hall–Kier alpha value is -2.73. The van der Waals surface area contributed by atoms with Gasteiger partial charge in [-0.3, -0.25) is 9.80 Å². The number of amides is 1. The van der Waals surface area contributed by atoms with E-state index < -0.39 is 48.8 Å². The standard InChI is InChI=1S/C17H19F6N3O4/c18-16(19,20)9-29-12-4-5-14(30-10-17(21,22)23)13(7-12)15(27)24-8-11-3-1-2-6-26(11)25-28/h4-5,7,11H,1-3,6,8-10H2,(H,24,27). The minimum atomic E-state index is -4.68. The van der Waals surface area contributed by atoms with Gasteiger partial charge in [-0.15, -0.1) is 4.91 Å². The minimum absolute atomic E-state index is 0.0308. The van der Waals surface area contributed by atoms with Crippen LogP contribution in [-0.2, 0) is 0 Å². The maximum absolute atomic E-state index is 12.5. The second kappa shape index (κ2) is 9.85. The number of benzene rings is 1. The minimum Gasteiger partial charge on any atom is -0.484 e. The van der Waals surface area contributed by atoms with Crippen molar-refractivity contribution < 1.29 is 40.6 Å². The average molecular weight is 443 g/mol. The summed E-state index contributed by atoms with van der Waals surface area (Å²) >= 11 is 0. The number of carbonyl (C=O) groups excluding carboxylic acids is 1. The summed E-state index contributed by atoms with van der Waals surface area (Å²) in [5.41, 5.74) is -0.430. The Balaban J connectivity index is 2.14. The Kier molecular flexibility index (Phi) is 7.73. The van der Waals surface area contributed by atoms with E-state index in [-0.39, 0.29) is 12.3 Å². The first-order chi connectivity index (χ1) is 14.0. The van der Waals surface area contributed by atoms with Crippen molar-refractivity contribution in [2.24, 2.45) is 5.29 Å². The molecule has 0 radical (unpaired) electrons. The van der Waals surface area contributed by atoms with Crippen LogP contribution in [0.1, 0.15) is 29.6 Å². The summed E-state index contributed by atoms with van der Waals surface area (Å²) in [7, 11) is 0. The van der Waals surface area contributed by atoms with E-state index in [1.54, 1.807) is 0 Å². The lowest BCUT2D eigenvalue weighted by Crippen LogP contribution is -2.43. The summed E-state index contributed by atoms with van der Waals surface area (Å²) < 4.78 is 83.5. The molecule has 1 amide bonds. The van der Waals surface area contributed by atoms with Crippen molar-refractivity contribution in [1.82, 2.24) is 10.3 Å². The number of hydrogen-bond donors (Lipinski definition) is 1. The Morgan fingerprint density at radius 3 is 2.40 bits per heavy atom. The van der Waals surface area contributed by atoms with E-state index in [9.17, 15) is 36.0 Å². The maximum atomic E-state index is 12.5. The monoisotopic (exact) mass is 443 g/mol. The number of piperidine rings is 1. The van der Waals surface area contributed by atoms with Gasteiger partial charge in [-0.1, -0.05) is 0 Å². The first kappa shape index (κ1) is 23.5. The molecule has 1 aromatic carbocycles. The Morgan fingerprint density at radius 1 is 1.10 bits per heavy atom. The van der Waals surface area contributed by atoms with Crippen LogP contribution in [0.15, 0.2) is 23.5 Å². The van der Waals surface area contributed by atoms with Crippen LogP contribution >= 0.6 is 0 Å². The lowest BCUT2D eigenvalue weighted by Gasteiger charge is -2.30. The average Bonchev–Trinajstić information content (AvgIpc) is 2.68. The molecule has 30 heavy (non-hydrogen) atoms. The van der Waals surface area contributed by atoms with Crippen LogP contribution in [-0.4, -0.2) is 55.6 Å². The third-order valence-corrected chi connectivity index (χ3v) is 4.19. The fourth-order valence-corrected chi connectivity index (χ4v) is 2.83. The van der Waals surface area contributed by atoms with Crippen molar-refractivity contribution in [2.45, 2.75) is 37.7 Å². The Morgan fingerprint density at radius 2 is 1.77 bits per heavy atom. The number of halogens is 6. The highest BCUT2D eigenvalue weighted by atomic mass is 19.4. The van der Waals surface area contributed by atoms with Crippen LogP contribution in [0.4, 0.5) is 26.3 Å². The van der Waals surface area contributed by atoms with E-state index in [2.05, 4.69) is 20.1 Å². The third kappa shape index (κ3) is 7.59. The van der Waals surface area contributed by atoms with E-state index in [0.29, 0.717) is 13.0 Å². The molecule has 13 heteroatoms. The second-order valence-corrected chi connectivity index (χ2v) is 6.57. The number of nitroso groups, excluding NO2 is 1. The predicted molar refractivity (Wildman–Crippen MR) is 92.0 cm³/mol. The molecule has 7 nitrogen and oxygen atoms in total. The molecular formula is C17H19F6N3O4. The third-order valence-electron chi connectivity index (χ3n) is 4.19. The number of ether oxygens (including phenoxy) is 2. The molecule has 1 aromatic rings. The van der Waals surface area contributed by atoms with Gasteiger partial charge < -0.3 is 14.8 Å². The first-order valence-corrected chi connectivity index (χ1v) is 8.90. The number of hydrogen-bond acceptors (Lipinski definition) is 5. The van der Waals surface area contributed by atoms with Gasteiger partial charge in [0, 0.05) is 13.1 Å². The summed E-state index contributed by atoms with van der Waals surface area (Å²) in [5, 5.41) is 6.58. The van der Waals surface area contributed by atoms with Gasteiger partial charge in [-0.2, -0.15) is 26.3 Å². The molecule has 0 spiro atoms. The lowest BCUT2D eigenvalue weighted by molar-refractivity contribution is -0.154. The van der Waals surface area contributed by atoms with Crippen molar-refractivity contribution >= 4 is 5.91 Å². The molecule has 1 fully saturated rings. The molecular weight excluding hydrogens is 424 g/mol. The van der Waals surface area contributed by atoms with Gasteiger partial charge in [-0.25, -0.2) is 0 Å². The van der Waals surface area contributed by atoms with Gasteiger partial charge in [0.2, 0.25) is 0 Å². The summed E-state index contributed by atoms with van der Waals surface area (Å²) in [6.07, 6.45) is -7.20. The normalized spacial score (nSPS) is 17.4. The molecule has 1 aliphatic rings. The highest BCUT2D eigenvalue weighted by Gasteiger charge is 2.31. The molecule has 168 valence electrons. The summed E-state index contributed by atoms with van der Waals surface area (Å²) in [6.45, 7) is -2.96. The summed E-state index contributed by atoms with van der Waals surface area (Å²) in [5.74, 6) is -1.73. The second-order valence-electron chi connectivity index (χ2n) is 6.57. The van der Waals surface area contributed by atoms with Crippen LogP contribution in [0.5, 0.6) is 11.5 Å². The van der Waals surface area contributed by atoms with Crippen LogP contribution in [0.3, 0.4) is 0 Å². The first-order valence-electron chi connectivity index (χ1n) is 8.90. The molecule has 0 aliphatic carbocycles. The zero-order valence-electron chi connectivity index (χ0n) is 15.6. The van der Waals surface area contributed by atoms with Gasteiger partial charge in [0.15, 0.2) is 13.2 Å². The van der Waals surface area contributed by atoms with Crippen molar-refractivity contribution in [3.8, 4) is 11.5 Å². The predicted octanol–water partition coefficient (Wildman–Crippen LogP) is 3.83. The molecule has 1 heterocycles. The number of carbonyl (C=O) groups is 1. The van der Waals surface area contributed by atoms with Gasteiger partial charge in [0.1, 0.15) is 11.5 Å². The molecule has 1 atom stereocenters. The quantitative estimate of drug-likeness (QED) is 0.488. The molecule has 0 saturated carbocycles. The largest absolute Gasteiger partial charge is 0.484 e. The molecule has 2 rings (SSSR count). The van der Waals surface area contributed by atoms with E-state index in [4.69, 9.17) is 0 Å². The number of nitrogens with one attached hydrogen (secondary N) is 1. The highest BCUT2D eigenvalue weighted by Crippen LogP contribution is 2.28. The van der Waals surface area contributed by atoms with Crippen LogP contribution in [0.25, 0.3) is 0 Å². The number of nitrogens with zero attached hydrogens (tertiary/aromatic N) is 2. The number of rotatable bonds is 8. The maximum Gasteiger partial charge on any atom is 0.422 e. The Bertz CT molecular complexity index is 741. The summed E-state index contributed by atoms with van der Waals surface area (Å²) in [4.78, 5) is 23.3. The van der Waals surface area contributed by atoms with Crippen molar-refractivity contribution in [3.63, 3.8) is 0 Å². The zero-order valence-corrected chi connectivity index (χ0v) is 15.6. The van der Waals surface area contributed by atoms with E-state index in [1.807, 2.05) is 0 Å². The molecule has 0 bridgehead atoms. The number of alkyl halides is 6. The molecule has 1 saturated heterocycles. The zero-order chi connectivity index (χ0) is 22.4. The SMILES string of the molecule is O=NN1CCCCC1CNC(=O)c1cc(OCC(F)(F)F)ccc1OCC(F)(F)F. The molecule has 1 N–H and O–H groups in total. The molecule has 1 aliphatic heterocycles. The smallest absolute Gasteiger partial charge is 0.422 e. The van der Waals surface area contributed by atoms with Crippen LogP contribution in [0, 0.1) is 4.91 Å². The topological polar surface area (TPSA) is 80.2 Å². The van der Waals surface area contributed by atoms with Crippen LogP contribution in [0.2, 0.25) is 0 Å². The van der Waals surface area contributed by atoms with Crippen LogP contribution < -0.4 is 14.8 Å². The fourth-order valence-electron chi connectivity index (χ4n) is 2.83. The highest BCUT2D eigenvalue weighted by molar-refractivity contribution is 5.97. The molecule has 0 aromatic heterocycles. The van der Waals surface area contributed by atoms with Gasteiger partial charge in [-0.05, 0) is 37.5 Å². The van der Waals surface area contributed by atoms with E-state index >= 15 is 0 Å². The van der Waals surface area contributed by atoms with Gasteiger partial charge >= 0.3 is 12.4 Å². The fraction of sp³-hybridized carbons (Fsp3) is 0.588. The lowest BCUT2D eigenvalue weighted by atomic mass is 10.0. The van der Waals surface area contributed by atoms with Crippen molar-refractivity contribution in [2.75, 3.05) is 26.3 Å². The van der Waals surface area contributed by atoms with Gasteiger partial charge in [0.05, 0.1) is 16.9 Å². The van der Waals surface area contributed by atoms with E-state index in [1.165, 1.54) is 5.01 Å². The van der Waals surface area contributed by atoms with E-state index in [0.717, 1.165) is 31.0 Å². The van der Waals surface area contributed by atoms with Crippen molar-refractivity contribution in [3.05, 3.63) is 28.7 Å². The van der Waals surface area contributed by atoms with Crippen molar-refractivity contribution in [1.29, 1.82) is 0 Å². The Labute approximate surface area is 167 Å².